The first-order valence-corrected chi connectivity index (χ1v) is 5.89. The number of nitrogens with zero attached hydrogens (tertiary/aromatic N) is 1. The van der Waals surface area contributed by atoms with Crippen LogP contribution >= 0.6 is 0 Å². The average molecular weight is 233 g/mol. The lowest BCUT2D eigenvalue weighted by molar-refractivity contribution is 0.117. The average Bonchev–Trinajstić information content (AvgIpc) is 2.36. The normalized spacial score (nSPS) is 24.6. The Labute approximate surface area is 102 Å². The van der Waals surface area contributed by atoms with Crippen molar-refractivity contribution in [2.75, 3.05) is 13.6 Å². The fourth-order valence-corrected chi connectivity index (χ4v) is 2.29. The largest absolute Gasteiger partial charge is 0.338 e. The minimum atomic E-state index is -0.243. The fourth-order valence-electron chi connectivity index (χ4n) is 2.29. The predicted molar refractivity (Wildman–Crippen MR) is 67.5 cm³/mol. The molecular formula is C13H19N3O. The molecule has 3 N–H and O–H groups in total. The molecule has 4 nitrogen and oxygen atoms in total. The van der Waals surface area contributed by atoms with Crippen LogP contribution in [0.5, 0.6) is 0 Å². The van der Waals surface area contributed by atoms with Gasteiger partial charge in [0.05, 0.1) is 5.54 Å². The molecule has 2 amide bonds. The minimum Gasteiger partial charge on any atom is -0.338 e. The van der Waals surface area contributed by atoms with E-state index in [0.29, 0.717) is 13.1 Å². The zero-order valence-corrected chi connectivity index (χ0v) is 10.4. The third-order valence-corrected chi connectivity index (χ3v) is 3.72. The van der Waals surface area contributed by atoms with Gasteiger partial charge in [0, 0.05) is 20.1 Å². The molecular weight excluding hydrogens is 214 g/mol. The molecule has 0 aromatic heterocycles. The minimum absolute atomic E-state index is 0.0168. The molecule has 1 aromatic carbocycles. The molecule has 0 bridgehead atoms. The molecule has 0 spiro atoms. The lowest BCUT2D eigenvalue weighted by Gasteiger charge is -2.43. The maximum atomic E-state index is 11.7. The second kappa shape index (κ2) is 4.37. The van der Waals surface area contributed by atoms with Crippen molar-refractivity contribution in [1.29, 1.82) is 0 Å². The molecule has 1 heterocycles. The third-order valence-electron chi connectivity index (χ3n) is 3.72. The van der Waals surface area contributed by atoms with Crippen LogP contribution in [0, 0.1) is 0 Å². The maximum Gasteiger partial charge on any atom is 0.317 e. The van der Waals surface area contributed by atoms with Crippen LogP contribution in [-0.4, -0.2) is 24.5 Å². The zero-order valence-electron chi connectivity index (χ0n) is 10.4. The van der Waals surface area contributed by atoms with Crippen LogP contribution in [0.15, 0.2) is 24.3 Å². The standard InChI is InChI=1S/C13H19N3O/c1-13(6-7-15-12(17)16(13)2)11-5-3-4-10(8-11)9-14/h3-5,8H,6-7,9,14H2,1-2H3,(H,15,17). The van der Waals surface area contributed by atoms with Crippen molar-refractivity contribution in [3.05, 3.63) is 35.4 Å². The van der Waals surface area contributed by atoms with Crippen LogP contribution in [0.4, 0.5) is 4.79 Å². The highest BCUT2D eigenvalue weighted by Crippen LogP contribution is 2.33. The molecule has 2 rings (SSSR count). The van der Waals surface area contributed by atoms with E-state index in [-0.39, 0.29) is 11.6 Å². The Hall–Kier alpha value is -1.55. The number of hydrogen-bond donors (Lipinski definition) is 2. The summed E-state index contributed by atoms with van der Waals surface area (Å²) in [6.45, 7) is 3.34. The number of nitrogens with one attached hydrogen (secondary N) is 1. The van der Waals surface area contributed by atoms with Crippen LogP contribution in [-0.2, 0) is 12.1 Å². The molecule has 1 fully saturated rings. The summed E-state index contributed by atoms with van der Waals surface area (Å²) in [4.78, 5) is 13.5. The van der Waals surface area contributed by atoms with Gasteiger partial charge in [-0.2, -0.15) is 0 Å². The van der Waals surface area contributed by atoms with Gasteiger partial charge in [0.15, 0.2) is 0 Å². The van der Waals surface area contributed by atoms with E-state index in [4.69, 9.17) is 5.73 Å². The Morgan fingerprint density at radius 1 is 1.53 bits per heavy atom. The predicted octanol–water partition coefficient (Wildman–Crippen LogP) is 1.41. The second-order valence-corrected chi connectivity index (χ2v) is 4.72. The van der Waals surface area contributed by atoms with Crippen molar-refractivity contribution < 1.29 is 4.79 Å². The van der Waals surface area contributed by atoms with Crippen LogP contribution in [0.3, 0.4) is 0 Å². The van der Waals surface area contributed by atoms with Gasteiger partial charge < -0.3 is 16.0 Å². The van der Waals surface area contributed by atoms with Crippen molar-refractivity contribution in [3.63, 3.8) is 0 Å². The Balaban J connectivity index is 2.38. The summed E-state index contributed by atoms with van der Waals surface area (Å²) in [6.07, 6.45) is 0.906. The highest BCUT2D eigenvalue weighted by atomic mass is 16.2. The van der Waals surface area contributed by atoms with Crippen LogP contribution < -0.4 is 11.1 Å². The second-order valence-electron chi connectivity index (χ2n) is 4.72. The molecule has 1 aliphatic rings. The number of nitrogens with two attached hydrogens (primary N) is 1. The summed E-state index contributed by atoms with van der Waals surface area (Å²) in [5.74, 6) is 0. The van der Waals surface area contributed by atoms with Gasteiger partial charge in [-0.25, -0.2) is 4.79 Å². The number of amides is 2. The molecule has 0 saturated carbocycles. The maximum absolute atomic E-state index is 11.7. The van der Waals surface area contributed by atoms with Crippen molar-refractivity contribution in [2.45, 2.75) is 25.4 Å². The van der Waals surface area contributed by atoms with Gasteiger partial charge in [0.2, 0.25) is 0 Å². The highest BCUT2D eigenvalue weighted by molar-refractivity contribution is 5.76. The monoisotopic (exact) mass is 233 g/mol. The van der Waals surface area contributed by atoms with Crippen LogP contribution in [0.25, 0.3) is 0 Å². The number of urea groups is 1. The molecule has 17 heavy (non-hydrogen) atoms. The van der Waals surface area contributed by atoms with Gasteiger partial charge in [-0.3, -0.25) is 0 Å². The fraction of sp³-hybridized carbons (Fsp3) is 0.462. The van der Waals surface area contributed by atoms with E-state index in [1.54, 1.807) is 4.90 Å². The molecule has 92 valence electrons. The summed E-state index contributed by atoms with van der Waals surface area (Å²) in [7, 11) is 1.84. The number of hydrogen-bond acceptors (Lipinski definition) is 2. The molecule has 0 radical (unpaired) electrons. The summed E-state index contributed by atoms with van der Waals surface area (Å²) < 4.78 is 0. The van der Waals surface area contributed by atoms with Crippen molar-refractivity contribution in [1.82, 2.24) is 10.2 Å². The molecule has 1 atom stereocenters. The van der Waals surface area contributed by atoms with Crippen molar-refractivity contribution in [3.8, 4) is 0 Å². The van der Waals surface area contributed by atoms with E-state index in [1.165, 1.54) is 0 Å². The van der Waals surface area contributed by atoms with Gasteiger partial charge in [-0.15, -0.1) is 0 Å². The molecule has 1 aliphatic heterocycles. The lowest BCUT2D eigenvalue weighted by Crippen LogP contribution is -2.55. The van der Waals surface area contributed by atoms with Crippen LogP contribution in [0.1, 0.15) is 24.5 Å². The first-order chi connectivity index (χ1) is 8.08. The Morgan fingerprint density at radius 2 is 2.29 bits per heavy atom. The summed E-state index contributed by atoms with van der Waals surface area (Å²) in [6, 6.07) is 8.15. The Kier molecular flexibility index (Phi) is 3.07. The van der Waals surface area contributed by atoms with E-state index < -0.39 is 0 Å². The van der Waals surface area contributed by atoms with Crippen LogP contribution in [0.2, 0.25) is 0 Å². The van der Waals surface area contributed by atoms with Gasteiger partial charge >= 0.3 is 6.03 Å². The number of carbonyl (C=O) groups is 1. The van der Waals surface area contributed by atoms with E-state index in [1.807, 2.05) is 19.2 Å². The van der Waals surface area contributed by atoms with E-state index >= 15 is 0 Å². The first-order valence-electron chi connectivity index (χ1n) is 5.89. The van der Waals surface area contributed by atoms with E-state index in [0.717, 1.165) is 17.5 Å². The number of rotatable bonds is 2. The Bertz CT molecular complexity index is 432. The summed E-state index contributed by atoms with van der Waals surface area (Å²) in [5.41, 5.74) is 7.67. The van der Waals surface area contributed by atoms with Gasteiger partial charge in [-0.1, -0.05) is 24.3 Å². The summed E-state index contributed by atoms with van der Waals surface area (Å²) >= 11 is 0. The third kappa shape index (κ3) is 2.00. The van der Waals surface area contributed by atoms with Gasteiger partial charge in [0.1, 0.15) is 0 Å². The highest BCUT2D eigenvalue weighted by Gasteiger charge is 2.37. The number of benzene rings is 1. The quantitative estimate of drug-likeness (QED) is 0.811. The number of carbonyl (C=O) groups excluding carboxylic acids is 1. The molecule has 0 aliphatic carbocycles. The molecule has 4 heteroatoms. The van der Waals surface area contributed by atoms with E-state index in [2.05, 4.69) is 24.4 Å². The molecule has 1 aromatic rings. The van der Waals surface area contributed by atoms with Crippen molar-refractivity contribution >= 4 is 6.03 Å². The SMILES string of the molecule is CN1C(=O)NCCC1(C)c1cccc(CN)c1. The van der Waals surface area contributed by atoms with Gasteiger partial charge in [-0.05, 0) is 24.5 Å². The Morgan fingerprint density at radius 3 is 3.00 bits per heavy atom. The lowest BCUT2D eigenvalue weighted by atomic mass is 9.85. The first kappa shape index (κ1) is 11.9. The smallest absolute Gasteiger partial charge is 0.317 e. The van der Waals surface area contributed by atoms with Gasteiger partial charge in [0.25, 0.3) is 0 Å². The topological polar surface area (TPSA) is 58.4 Å². The van der Waals surface area contributed by atoms with E-state index in [9.17, 15) is 4.79 Å². The summed E-state index contributed by atoms with van der Waals surface area (Å²) in [5, 5.41) is 2.85. The zero-order chi connectivity index (χ0) is 12.5. The molecule has 1 unspecified atom stereocenters. The molecule has 1 saturated heterocycles. The van der Waals surface area contributed by atoms with Crippen molar-refractivity contribution in [2.24, 2.45) is 5.73 Å².